The number of rotatable bonds is 4. The first-order valence-corrected chi connectivity index (χ1v) is 6.12. The van der Waals surface area contributed by atoms with Crippen LogP contribution in [0.25, 0.3) is 0 Å². The lowest BCUT2D eigenvalue weighted by Gasteiger charge is -2.20. The highest BCUT2D eigenvalue weighted by molar-refractivity contribution is 5.16. The first-order chi connectivity index (χ1) is 8.68. The molecule has 2 atom stereocenters. The molecule has 0 amide bonds. The molecule has 2 aromatic rings. The number of aromatic nitrogens is 3. The number of hydrogen-bond donors (Lipinski definition) is 1. The smallest absolute Gasteiger partial charge is 0.0782 e. The van der Waals surface area contributed by atoms with Crippen LogP contribution in [0.5, 0.6) is 0 Å². The van der Waals surface area contributed by atoms with Crippen molar-refractivity contribution in [1.29, 1.82) is 0 Å². The highest BCUT2D eigenvalue weighted by atomic mass is 15.0. The van der Waals surface area contributed by atoms with Crippen molar-refractivity contribution in [1.82, 2.24) is 20.3 Å². The predicted octanol–water partition coefficient (Wildman–Crippen LogP) is 2.59. The van der Waals surface area contributed by atoms with Gasteiger partial charge in [0, 0.05) is 36.9 Å². The molecule has 0 aliphatic rings. The van der Waals surface area contributed by atoms with Crippen molar-refractivity contribution in [3.63, 3.8) is 0 Å². The van der Waals surface area contributed by atoms with Gasteiger partial charge in [-0.3, -0.25) is 15.0 Å². The van der Waals surface area contributed by atoms with Gasteiger partial charge in [0.25, 0.3) is 0 Å². The van der Waals surface area contributed by atoms with Crippen molar-refractivity contribution in [2.45, 2.75) is 32.9 Å². The van der Waals surface area contributed by atoms with Crippen LogP contribution in [0.2, 0.25) is 0 Å². The summed E-state index contributed by atoms with van der Waals surface area (Å²) < 4.78 is 0. The third kappa shape index (κ3) is 2.90. The molecule has 94 valence electrons. The van der Waals surface area contributed by atoms with Gasteiger partial charge in [0.05, 0.1) is 11.4 Å². The predicted molar refractivity (Wildman–Crippen MR) is 71.0 cm³/mol. The fourth-order valence-corrected chi connectivity index (χ4v) is 2.03. The molecule has 2 rings (SSSR count). The number of pyridine rings is 1. The minimum atomic E-state index is 0.161. The van der Waals surface area contributed by atoms with Crippen LogP contribution in [-0.4, -0.2) is 15.0 Å². The van der Waals surface area contributed by atoms with E-state index >= 15 is 0 Å². The third-order valence-corrected chi connectivity index (χ3v) is 3.01. The SMILES string of the molecule is Cc1nccnc1C(C)N[C@H](C)c1cccnc1. The fraction of sp³-hybridized carbons (Fsp3) is 0.357. The average molecular weight is 242 g/mol. The lowest BCUT2D eigenvalue weighted by molar-refractivity contribution is 0.482. The van der Waals surface area contributed by atoms with Gasteiger partial charge in [0.15, 0.2) is 0 Å². The summed E-state index contributed by atoms with van der Waals surface area (Å²) in [7, 11) is 0. The second kappa shape index (κ2) is 5.69. The van der Waals surface area contributed by atoms with Gasteiger partial charge < -0.3 is 5.32 Å². The summed E-state index contributed by atoms with van der Waals surface area (Å²) in [5.41, 5.74) is 3.13. The van der Waals surface area contributed by atoms with Gasteiger partial charge in [-0.1, -0.05) is 6.07 Å². The number of nitrogens with one attached hydrogen (secondary N) is 1. The summed E-state index contributed by atoms with van der Waals surface area (Å²) in [6, 6.07) is 4.41. The molecule has 0 aliphatic carbocycles. The first-order valence-electron chi connectivity index (χ1n) is 6.12. The molecule has 4 nitrogen and oxygen atoms in total. The molecule has 18 heavy (non-hydrogen) atoms. The van der Waals surface area contributed by atoms with Crippen molar-refractivity contribution in [3.05, 3.63) is 53.9 Å². The molecule has 0 aliphatic heterocycles. The van der Waals surface area contributed by atoms with E-state index in [1.165, 1.54) is 5.56 Å². The summed E-state index contributed by atoms with van der Waals surface area (Å²) in [5.74, 6) is 0. The Kier molecular flexibility index (Phi) is 3.99. The molecular formula is C14H18N4. The standard InChI is InChI=1S/C14H18N4/c1-10(13-5-4-6-15-9-13)18-12(3)14-11(2)16-7-8-17-14/h4-10,12,18H,1-3H3/t10-,12?/m1/s1. The molecule has 0 aromatic carbocycles. The Balaban J connectivity index is 2.08. The molecule has 4 heteroatoms. The number of hydrogen-bond acceptors (Lipinski definition) is 4. The average Bonchev–Trinajstić information content (AvgIpc) is 2.40. The molecule has 0 bridgehead atoms. The summed E-state index contributed by atoms with van der Waals surface area (Å²) in [6.45, 7) is 6.21. The van der Waals surface area contributed by atoms with E-state index in [0.29, 0.717) is 0 Å². The van der Waals surface area contributed by atoms with Crippen LogP contribution < -0.4 is 5.32 Å². The minimum Gasteiger partial charge on any atom is -0.302 e. The molecule has 0 saturated carbocycles. The van der Waals surface area contributed by atoms with Crippen molar-refractivity contribution < 1.29 is 0 Å². The van der Waals surface area contributed by atoms with Gasteiger partial charge >= 0.3 is 0 Å². The Labute approximate surface area is 108 Å². The Hall–Kier alpha value is -1.81. The molecule has 0 saturated heterocycles. The van der Waals surface area contributed by atoms with E-state index in [2.05, 4.69) is 40.2 Å². The fourth-order valence-electron chi connectivity index (χ4n) is 2.03. The van der Waals surface area contributed by atoms with E-state index < -0.39 is 0 Å². The Morgan fingerprint density at radius 3 is 2.50 bits per heavy atom. The van der Waals surface area contributed by atoms with E-state index in [4.69, 9.17) is 0 Å². The Morgan fingerprint density at radius 1 is 1.06 bits per heavy atom. The first kappa shape index (κ1) is 12.6. The molecular weight excluding hydrogens is 224 g/mol. The van der Waals surface area contributed by atoms with Crippen molar-refractivity contribution in [2.75, 3.05) is 0 Å². The zero-order valence-electron chi connectivity index (χ0n) is 11.0. The summed E-state index contributed by atoms with van der Waals surface area (Å²) in [5, 5.41) is 3.51. The van der Waals surface area contributed by atoms with Gasteiger partial charge in [-0.15, -0.1) is 0 Å². The normalized spacial score (nSPS) is 14.2. The van der Waals surface area contributed by atoms with E-state index in [9.17, 15) is 0 Å². The van der Waals surface area contributed by atoms with Gasteiger partial charge in [-0.2, -0.15) is 0 Å². The van der Waals surface area contributed by atoms with Crippen LogP contribution in [0.3, 0.4) is 0 Å². The third-order valence-electron chi connectivity index (χ3n) is 3.01. The highest BCUT2D eigenvalue weighted by Crippen LogP contribution is 2.18. The zero-order valence-corrected chi connectivity index (χ0v) is 11.0. The number of nitrogens with zero attached hydrogens (tertiary/aromatic N) is 3. The molecule has 0 fully saturated rings. The lowest BCUT2D eigenvalue weighted by atomic mass is 10.1. The highest BCUT2D eigenvalue weighted by Gasteiger charge is 2.14. The molecule has 1 N–H and O–H groups in total. The lowest BCUT2D eigenvalue weighted by Crippen LogP contribution is -2.24. The van der Waals surface area contributed by atoms with Crippen LogP contribution in [-0.2, 0) is 0 Å². The second-order valence-corrected chi connectivity index (χ2v) is 4.42. The van der Waals surface area contributed by atoms with Crippen LogP contribution in [0, 0.1) is 6.92 Å². The van der Waals surface area contributed by atoms with Crippen LogP contribution in [0.1, 0.15) is 42.9 Å². The van der Waals surface area contributed by atoms with Crippen LogP contribution >= 0.6 is 0 Å². The summed E-state index contributed by atoms with van der Waals surface area (Å²) in [6.07, 6.45) is 7.12. The van der Waals surface area contributed by atoms with Crippen molar-refractivity contribution in [2.24, 2.45) is 0 Å². The molecule has 0 radical (unpaired) electrons. The van der Waals surface area contributed by atoms with E-state index in [-0.39, 0.29) is 12.1 Å². The van der Waals surface area contributed by atoms with Crippen LogP contribution in [0.4, 0.5) is 0 Å². The number of aryl methyl sites for hydroxylation is 1. The van der Waals surface area contributed by atoms with Crippen molar-refractivity contribution >= 4 is 0 Å². The van der Waals surface area contributed by atoms with Crippen LogP contribution in [0.15, 0.2) is 36.9 Å². The van der Waals surface area contributed by atoms with E-state index in [1.807, 2.05) is 19.2 Å². The topological polar surface area (TPSA) is 50.7 Å². The largest absolute Gasteiger partial charge is 0.302 e. The molecule has 1 unspecified atom stereocenters. The molecule has 2 heterocycles. The van der Waals surface area contributed by atoms with Gasteiger partial charge in [0.1, 0.15) is 0 Å². The quantitative estimate of drug-likeness (QED) is 0.895. The van der Waals surface area contributed by atoms with E-state index in [1.54, 1.807) is 18.6 Å². The maximum absolute atomic E-state index is 4.38. The minimum absolute atomic E-state index is 0.161. The van der Waals surface area contributed by atoms with E-state index in [0.717, 1.165) is 11.4 Å². The molecule has 2 aromatic heterocycles. The van der Waals surface area contributed by atoms with Gasteiger partial charge in [0.2, 0.25) is 0 Å². The van der Waals surface area contributed by atoms with Gasteiger partial charge in [-0.25, -0.2) is 0 Å². The zero-order chi connectivity index (χ0) is 13.0. The maximum Gasteiger partial charge on any atom is 0.0782 e. The van der Waals surface area contributed by atoms with Crippen molar-refractivity contribution in [3.8, 4) is 0 Å². The second-order valence-electron chi connectivity index (χ2n) is 4.42. The monoisotopic (exact) mass is 242 g/mol. The Morgan fingerprint density at radius 2 is 1.83 bits per heavy atom. The molecule has 0 spiro atoms. The van der Waals surface area contributed by atoms with Gasteiger partial charge in [-0.05, 0) is 32.4 Å². The maximum atomic E-state index is 4.38. The summed E-state index contributed by atoms with van der Waals surface area (Å²) >= 11 is 0. The Bertz CT molecular complexity index is 498. The summed E-state index contributed by atoms with van der Waals surface area (Å²) in [4.78, 5) is 12.8.